The highest BCUT2D eigenvalue weighted by atomic mass is 32.2. The average molecular weight is 390 g/mol. The van der Waals surface area contributed by atoms with Gasteiger partial charge in [0.25, 0.3) is 5.91 Å². The molecule has 3 aromatic rings. The van der Waals surface area contributed by atoms with Crippen molar-refractivity contribution < 1.29 is 14.3 Å². The Bertz CT molecular complexity index is 1120. The van der Waals surface area contributed by atoms with Gasteiger partial charge in [-0.05, 0) is 51.9 Å². The molecule has 0 bridgehead atoms. The molecular weight excluding hydrogens is 372 g/mol. The van der Waals surface area contributed by atoms with Crippen LogP contribution in [0.15, 0.2) is 70.6 Å². The lowest BCUT2D eigenvalue weighted by Crippen LogP contribution is -2.01. The second-order valence-corrected chi connectivity index (χ2v) is 7.27. The van der Waals surface area contributed by atoms with E-state index in [9.17, 15) is 4.79 Å². The topological polar surface area (TPSA) is 73.9 Å². The quantitative estimate of drug-likeness (QED) is 0.656. The van der Waals surface area contributed by atoms with E-state index in [4.69, 9.17) is 15.2 Å². The maximum Gasteiger partial charge on any atom is 0.286 e. The predicted molar refractivity (Wildman–Crippen MR) is 113 cm³/mol. The number of benzene rings is 3. The molecule has 0 saturated carbocycles. The van der Waals surface area contributed by atoms with Crippen molar-refractivity contribution in [3.05, 3.63) is 76.7 Å². The molecule has 1 heterocycles. The number of nitrogens with zero attached hydrogens (tertiary/aromatic N) is 1. The molecule has 0 radical (unpaired) electrons. The predicted octanol–water partition coefficient (Wildman–Crippen LogP) is 4.36. The number of carbonyl (C=O) groups excluding carboxylic acids is 1. The van der Waals surface area contributed by atoms with Crippen molar-refractivity contribution >= 4 is 39.7 Å². The van der Waals surface area contributed by atoms with Gasteiger partial charge in [0.2, 0.25) is 0 Å². The van der Waals surface area contributed by atoms with Crippen LogP contribution in [-0.4, -0.2) is 18.2 Å². The van der Waals surface area contributed by atoms with Crippen LogP contribution in [0.3, 0.4) is 0 Å². The summed E-state index contributed by atoms with van der Waals surface area (Å²) in [6, 6.07) is 19.9. The lowest BCUT2D eigenvalue weighted by Gasteiger charge is -2.13. The summed E-state index contributed by atoms with van der Waals surface area (Å²) in [6.07, 6.45) is 1.75. The van der Waals surface area contributed by atoms with Crippen LogP contribution in [0.1, 0.15) is 11.1 Å². The molecule has 4 rings (SSSR count). The molecule has 0 saturated heterocycles. The molecule has 3 aromatic carbocycles. The molecule has 1 aliphatic heterocycles. The average Bonchev–Trinajstić information content (AvgIpc) is 3.03. The number of carbonyl (C=O) groups is 1. The van der Waals surface area contributed by atoms with E-state index in [1.165, 1.54) is 5.39 Å². The van der Waals surface area contributed by atoms with Crippen LogP contribution in [-0.2, 0) is 11.4 Å². The molecule has 1 aliphatic rings. The minimum Gasteiger partial charge on any atom is -0.493 e. The summed E-state index contributed by atoms with van der Waals surface area (Å²) in [7, 11) is 1.60. The van der Waals surface area contributed by atoms with E-state index in [0.717, 1.165) is 28.3 Å². The lowest BCUT2D eigenvalue weighted by atomic mass is 10.1. The van der Waals surface area contributed by atoms with Gasteiger partial charge >= 0.3 is 0 Å². The zero-order chi connectivity index (χ0) is 19.5. The van der Waals surface area contributed by atoms with Crippen LogP contribution >= 0.6 is 11.8 Å². The van der Waals surface area contributed by atoms with Crippen LogP contribution in [0.2, 0.25) is 0 Å². The van der Waals surface area contributed by atoms with Gasteiger partial charge in [0.15, 0.2) is 16.7 Å². The van der Waals surface area contributed by atoms with Gasteiger partial charge in [0, 0.05) is 0 Å². The minimum atomic E-state index is -0.323. The van der Waals surface area contributed by atoms with Gasteiger partial charge in [-0.3, -0.25) is 4.79 Å². The molecule has 0 spiro atoms. The monoisotopic (exact) mass is 390 g/mol. The van der Waals surface area contributed by atoms with E-state index in [-0.39, 0.29) is 11.1 Å². The SMILES string of the molecule is COc1ccc(/C=C2\SC(N)=NC2=O)cc1OCc1cccc2ccccc12. The summed E-state index contributed by atoms with van der Waals surface area (Å²) in [5.74, 6) is 0.911. The number of ether oxygens (including phenoxy) is 2. The fourth-order valence-corrected chi connectivity index (χ4v) is 3.73. The number of rotatable bonds is 5. The summed E-state index contributed by atoms with van der Waals surface area (Å²) >= 11 is 1.16. The van der Waals surface area contributed by atoms with Gasteiger partial charge in [-0.1, -0.05) is 48.5 Å². The van der Waals surface area contributed by atoms with Gasteiger partial charge in [0.05, 0.1) is 12.0 Å². The van der Waals surface area contributed by atoms with E-state index >= 15 is 0 Å². The Morgan fingerprint density at radius 1 is 1.07 bits per heavy atom. The zero-order valence-corrected chi connectivity index (χ0v) is 16.0. The van der Waals surface area contributed by atoms with E-state index in [1.807, 2.05) is 36.4 Å². The van der Waals surface area contributed by atoms with Crippen molar-refractivity contribution in [2.75, 3.05) is 7.11 Å². The van der Waals surface area contributed by atoms with Crippen LogP contribution in [0.5, 0.6) is 11.5 Å². The van der Waals surface area contributed by atoms with Crippen molar-refractivity contribution in [3.63, 3.8) is 0 Å². The number of hydrogen-bond donors (Lipinski definition) is 1. The Morgan fingerprint density at radius 2 is 1.89 bits per heavy atom. The fourth-order valence-electron chi connectivity index (χ4n) is 3.05. The summed E-state index contributed by atoms with van der Waals surface area (Å²) in [6.45, 7) is 0.404. The first-order chi connectivity index (χ1) is 13.6. The van der Waals surface area contributed by atoms with Crippen LogP contribution in [0.25, 0.3) is 16.8 Å². The number of fused-ring (bicyclic) bond motifs is 1. The van der Waals surface area contributed by atoms with E-state index in [0.29, 0.717) is 23.0 Å². The fraction of sp³-hybridized carbons (Fsp3) is 0.0909. The third-order valence-electron chi connectivity index (χ3n) is 4.39. The number of nitrogens with two attached hydrogens (primary N) is 1. The molecule has 28 heavy (non-hydrogen) atoms. The van der Waals surface area contributed by atoms with Crippen molar-refractivity contribution in [1.29, 1.82) is 0 Å². The second kappa shape index (κ2) is 7.78. The largest absolute Gasteiger partial charge is 0.493 e. The Hall–Kier alpha value is -3.25. The molecule has 140 valence electrons. The number of aliphatic imine (C=N–C) groups is 1. The summed E-state index contributed by atoms with van der Waals surface area (Å²) in [4.78, 5) is 16.0. The van der Waals surface area contributed by atoms with Crippen LogP contribution < -0.4 is 15.2 Å². The Balaban J connectivity index is 1.60. The first-order valence-electron chi connectivity index (χ1n) is 8.69. The number of amidine groups is 1. The molecule has 0 atom stereocenters. The number of hydrogen-bond acceptors (Lipinski definition) is 5. The lowest BCUT2D eigenvalue weighted by molar-refractivity contribution is -0.113. The number of thioether (sulfide) groups is 1. The zero-order valence-electron chi connectivity index (χ0n) is 15.2. The highest BCUT2D eigenvalue weighted by Gasteiger charge is 2.19. The summed E-state index contributed by atoms with van der Waals surface area (Å²) in [5, 5.41) is 2.59. The van der Waals surface area contributed by atoms with Gasteiger partial charge < -0.3 is 15.2 Å². The maximum atomic E-state index is 11.8. The van der Waals surface area contributed by atoms with Gasteiger partial charge in [-0.15, -0.1) is 0 Å². The van der Waals surface area contributed by atoms with Gasteiger partial charge in [-0.2, -0.15) is 4.99 Å². The van der Waals surface area contributed by atoms with Crippen LogP contribution in [0, 0.1) is 0 Å². The minimum absolute atomic E-state index is 0.261. The van der Waals surface area contributed by atoms with Crippen LogP contribution in [0.4, 0.5) is 0 Å². The van der Waals surface area contributed by atoms with Crippen molar-refractivity contribution in [2.24, 2.45) is 10.7 Å². The molecule has 1 amide bonds. The Labute approximate surface area is 166 Å². The van der Waals surface area contributed by atoms with E-state index < -0.39 is 0 Å². The smallest absolute Gasteiger partial charge is 0.286 e. The molecule has 2 N–H and O–H groups in total. The highest BCUT2D eigenvalue weighted by molar-refractivity contribution is 8.18. The number of amides is 1. The highest BCUT2D eigenvalue weighted by Crippen LogP contribution is 2.32. The molecule has 0 fully saturated rings. The first-order valence-corrected chi connectivity index (χ1v) is 9.51. The summed E-state index contributed by atoms with van der Waals surface area (Å²) < 4.78 is 11.5. The van der Waals surface area contributed by atoms with Gasteiger partial charge in [0.1, 0.15) is 6.61 Å². The van der Waals surface area contributed by atoms with Crippen molar-refractivity contribution in [3.8, 4) is 11.5 Å². The van der Waals surface area contributed by atoms with Crippen molar-refractivity contribution in [2.45, 2.75) is 6.61 Å². The third-order valence-corrected chi connectivity index (χ3v) is 5.20. The molecule has 0 aliphatic carbocycles. The molecule has 0 unspecified atom stereocenters. The summed E-state index contributed by atoms with van der Waals surface area (Å²) in [5.41, 5.74) is 7.51. The molecule has 5 nitrogen and oxygen atoms in total. The number of methoxy groups -OCH3 is 1. The molecule has 0 aromatic heterocycles. The third kappa shape index (κ3) is 3.73. The maximum absolute atomic E-state index is 11.8. The van der Waals surface area contributed by atoms with E-state index in [1.54, 1.807) is 13.2 Å². The van der Waals surface area contributed by atoms with E-state index in [2.05, 4.69) is 29.3 Å². The van der Waals surface area contributed by atoms with Crippen molar-refractivity contribution in [1.82, 2.24) is 0 Å². The Morgan fingerprint density at radius 3 is 2.68 bits per heavy atom. The van der Waals surface area contributed by atoms with Gasteiger partial charge in [-0.25, -0.2) is 0 Å². The standard InChI is InChI=1S/C22H18N2O3S/c1-26-18-10-9-14(12-20-21(25)24-22(23)28-20)11-19(18)27-13-16-7-4-6-15-5-2-3-8-17(15)16/h2-12H,13H2,1H3,(H2,23,24,25)/b20-12-. The second-order valence-electron chi connectivity index (χ2n) is 6.20. The first kappa shape index (κ1) is 18.1. The normalized spacial score (nSPS) is 15.1. The molecule has 6 heteroatoms. The Kier molecular flexibility index (Phi) is 5.04. The molecular formula is C22H18N2O3S.